The molecule has 0 radical (unpaired) electrons. The number of unbranched alkanes of at least 4 members (excludes halogenated alkanes) is 1. The summed E-state index contributed by atoms with van der Waals surface area (Å²) in [5, 5.41) is 0.869. The Morgan fingerprint density at radius 1 is 1.38 bits per heavy atom. The minimum absolute atomic E-state index is 0.0709. The highest BCUT2D eigenvalue weighted by molar-refractivity contribution is 6.35. The molecule has 1 rings (SSSR count). The Hall–Kier alpha value is -0.970. The smallest absolute Gasteiger partial charge is 0.344 e. The zero-order valence-electron chi connectivity index (χ0n) is 12.3. The van der Waals surface area contributed by atoms with Crippen molar-refractivity contribution in [1.82, 2.24) is 0 Å². The zero-order chi connectivity index (χ0) is 15.8. The molecule has 6 heteroatoms. The second kappa shape index (κ2) is 9.13. The minimum atomic E-state index is -0.416. The summed E-state index contributed by atoms with van der Waals surface area (Å²) in [6.07, 6.45) is 2.36. The van der Waals surface area contributed by atoms with Gasteiger partial charge in [-0.15, -0.1) is 0 Å². The van der Waals surface area contributed by atoms with Crippen LogP contribution < -0.4 is 10.5 Å². The number of benzene rings is 1. The summed E-state index contributed by atoms with van der Waals surface area (Å²) in [5.41, 5.74) is 6.58. The molecular formula is C15H21Cl2NO3. The Morgan fingerprint density at radius 3 is 2.71 bits per heavy atom. The molecule has 0 aliphatic rings. The van der Waals surface area contributed by atoms with Crippen LogP contribution in [0.1, 0.15) is 32.3 Å². The van der Waals surface area contributed by atoms with E-state index in [0.717, 1.165) is 18.4 Å². The summed E-state index contributed by atoms with van der Waals surface area (Å²) in [4.78, 5) is 11.6. The molecule has 0 saturated heterocycles. The van der Waals surface area contributed by atoms with Crippen molar-refractivity contribution in [2.75, 3.05) is 13.2 Å². The molecule has 21 heavy (non-hydrogen) atoms. The van der Waals surface area contributed by atoms with E-state index in [0.29, 0.717) is 28.8 Å². The van der Waals surface area contributed by atoms with Gasteiger partial charge in [-0.2, -0.15) is 0 Å². The lowest BCUT2D eigenvalue weighted by Crippen LogP contribution is -2.20. The van der Waals surface area contributed by atoms with E-state index >= 15 is 0 Å². The molecule has 0 saturated carbocycles. The number of halogens is 2. The predicted octanol–water partition coefficient (Wildman–Crippen LogP) is 3.61. The van der Waals surface area contributed by atoms with Crippen molar-refractivity contribution in [3.05, 3.63) is 27.7 Å². The first-order valence-corrected chi connectivity index (χ1v) is 7.71. The highest BCUT2D eigenvalue weighted by Gasteiger charge is 2.14. The van der Waals surface area contributed by atoms with Gasteiger partial charge >= 0.3 is 5.97 Å². The van der Waals surface area contributed by atoms with Gasteiger partial charge in [0.2, 0.25) is 0 Å². The second-order valence-electron chi connectivity index (χ2n) is 4.92. The topological polar surface area (TPSA) is 61.5 Å². The van der Waals surface area contributed by atoms with Crippen LogP contribution in [0.25, 0.3) is 0 Å². The largest absolute Gasteiger partial charge is 0.480 e. The maximum absolute atomic E-state index is 11.6. The molecule has 0 aliphatic heterocycles. The maximum Gasteiger partial charge on any atom is 0.344 e. The van der Waals surface area contributed by atoms with Gasteiger partial charge in [-0.1, -0.05) is 36.5 Å². The van der Waals surface area contributed by atoms with E-state index in [1.807, 2.05) is 13.8 Å². The van der Waals surface area contributed by atoms with Crippen molar-refractivity contribution >= 4 is 29.2 Å². The van der Waals surface area contributed by atoms with E-state index in [2.05, 4.69) is 0 Å². The predicted molar refractivity (Wildman–Crippen MR) is 85.2 cm³/mol. The first-order valence-electron chi connectivity index (χ1n) is 6.96. The lowest BCUT2D eigenvalue weighted by atomic mass is 10.1. The molecule has 1 atom stereocenters. The average Bonchev–Trinajstić information content (AvgIpc) is 2.37. The Balaban J connectivity index is 2.70. The Labute approximate surface area is 135 Å². The molecule has 4 nitrogen and oxygen atoms in total. The SMILES string of the molecule is CCCCOC(=O)COc1c(Cl)cc(Cl)cc1CC(C)N. The molecule has 0 bridgehead atoms. The number of nitrogens with two attached hydrogens (primary N) is 1. The normalized spacial score (nSPS) is 12.0. The van der Waals surface area contributed by atoms with Crippen molar-refractivity contribution in [3.8, 4) is 5.75 Å². The third kappa shape index (κ3) is 6.55. The standard InChI is InChI=1S/C15H21Cl2NO3/c1-3-4-5-20-14(19)9-21-15-11(6-10(2)18)7-12(16)8-13(15)17/h7-8,10H,3-6,9,18H2,1-2H3. The third-order valence-electron chi connectivity index (χ3n) is 2.72. The van der Waals surface area contributed by atoms with Crippen LogP contribution in [0, 0.1) is 0 Å². The van der Waals surface area contributed by atoms with E-state index in [1.165, 1.54) is 0 Å². The van der Waals surface area contributed by atoms with Crippen LogP contribution in [0.5, 0.6) is 5.75 Å². The van der Waals surface area contributed by atoms with Crippen molar-refractivity contribution in [1.29, 1.82) is 0 Å². The fourth-order valence-electron chi connectivity index (χ4n) is 1.78. The fourth-order valence-corrected chi connectivity index (χ4v) is 2.37. The van der Waals surface area contributed by atoms with Gasteiger partial charge in [0.1, 0.15) is 5.75 Å². The van der Waals surface area contributed by atoms with E-state index in [1.54, 1.807) is 12.1 Å². The van der Waals surface area contributed by atoms with E-state index in [9.17, 15) is 4.79 Å². The summed E-state index contributed by atoms with van der Waals surface area (Å²) >= 11 is 12.1. The van der Waals surface area contributed by atoms with Crippen LogP contribution in [-0.4, -0.2) is 25.2 Å². The molecule has 0 amide bonds. The minimum Gasteiger partial charge on any atom is -0.480 e. The maximum atomic E-state index is 11.6. The summed E-state index contributed by atoms with van der Waals surface area (Å²) in [7, 11) is 0. The summed E-state index contributed by atoms with van der Waals surface area (Å²) < 4.78 is 10.5. The van der Waals surface area contributed by atoms with Gasteiger partial charge < -0.3 is 15.2 Å². The number of carbonyl (C=O) groups excluding carboxylic acids is 1. The summed E-state index contributed by atoms with van der Waals surface area (Å²) in [5.74, 6) is 0.0204. The van der Waals surface area contributed by atoms with Gasteiger partial charge in [0.25, 0.3) is 0 Å². The van der Waals surface area contributed by atoms with Crippen LogP contribution in [-0.2, 0) is 16.0 Å². The quantitative estimate of drug-likeness (QED) is 0.583. The van der Waals surface area contributed by atoms with Crippen LogP contribution >= 0.6 is 23.2 Å². The van der Waals surface area contributed by atoms with Crippen molar-refractivity contribution in [2.45, 2.75) is 39.2 Å². The molecule has 0 spiro atoms. The number of carbonyl (C=O) groups is 1. The van der Waals surface area contributed by atoms with E-state index < -0.39 is 5.97 Å². The van der Waals surface area contributed by atoms with Crippen molar-refractivity contribution in [3.63, 3.8) is 0 Å². The Bertz CT molecular complexity index is 478. The van der Waals surface area contributed by atoms with Crippen LogP contribution in [0.4, 0.5) is 0 Å². The first-order chi connectivity index (χ1) is 9.93. The molecule has 0 fully saturated rings. The number of esters is 1. The monoisotopic (exact) mass is 333 g/mol. The molecule has 0 aromatic heterocycles. The van der Waals surface area contributed by atoms with Gasteiger partial charge in [-0.25, -0.2) is 4.79 Å². The molecule has 1 aromatic rings. The van der Waals surface area contributed by atoms with E-state index in [4.69, 9.17) is 38.4 Å². The Kier molecular flexibility index (Phi) is 7.86. The van der Waals surface area contributed by atoms with Crippen molar-refractivity contribution in [2.24, 2.45) is 5.73 Å². The summed E-state index contributed by atoms with van der Waals surface area (Å²) in [6, 6.07) is 3.25. The molecule has 0 heterocycles. The van der Waals surface area contributed by atoms with Crippen LogP contribution in [0.2, 0.25) is 10.0 Å². The third-order valence-corrected chi connectivity index (χ3v) is 3.22. The Morgan fingerprint density at radius 2 is 2.10 bits per heavy atom. The van der Waals surface area contributed by atoms with Gasteiger partial charge in [-0.05, 0) is 37.5 Å². The molecule has 1 aromatic carbocycles. The molecule has 0 aliphatic carbocycles. The lowest BCUT2D eigenvalue weighted by molar-refractivity contribution is -0.146. The molecule has 1 unspecified atom stereocenters. The van der Waals surface area contributed by atoms with Gasteiger partial charge in [-0.3, -0.25) is 0 Å². The fraction of sp³-hybridized carbons (Fsp3) is 0.533. The molecular weight excluding hydrogens is 313 g/mol. The van der Waals surface area contributed by atoms with Gasteiger partial charge in [0.05, 0.1) is 11.6 Å². The highest BCUT2D eigenvalue weighted by Crippen LogP contribution is 2.33. The number of hydrogen-bond acceptors (Lipinski definition) is 4. The average molecular weight is 334 g/mol. The first kappa shape index (κ1) is 18.1. The molecule has 2 N–H and O–H groups in total. The van der Waals surface area contributed by atoms with E-state index in [-0.39, 0.29) is 12.6 Å². The zero-order valence-corrected chi connectivity index (χ0v) is 13.8. The lowest BCUT2D eigenvalue weighted by Gasteiger charge is -2.15. The van der Waals surface area contributed by atoms with Gasteiger partial charge in [0.15, 0.2) is 6.61 Å². The summed E-state index contributed by atoms with van der Waals surface area (Å²) in [6.45, 7) is 4.12. The number of rotatable bonds is 8. The second-order valence-corrected chi connectivity index (χ2v) is 5.76. The van der Waals surface area contributed by atoms with Crippen LogP contribution in [0.3, 0.4) is 0 Å². The van der Waals surface area contributed by atoms with Crippen molar-refractivity contribution < 1.29 is 14.3 Å². The van der Waals surface area contributed by atoms with Gasteiger partial charge in [0, 0.05) is 11.1 Å². The van der Waals surface area contributed by atoms with Crippen LogP contribution in [0.15, 0.2) is 12.1 Å². The molecule has 118 valence electrons. The highest BCUT2D eigenvalue weighted by atomic mass is 35.5. The number of ether oxygens (including phenoxy) is 2. The number of hydrogen-bond donors (Lipinski definition) is 1.